The van der Waals surface area contributed by atoms with Gasteiger partial charge in [0.05, 0.1) is 12.6 Å². The van der Waals surface area contributed by atoms with Crippen LogP contribution < -0.4 is 9.64 Å². The largest absolute Gasteiger partial charge is 0.497 e. The zero-order valence-electron chi connectivity index (χ0n) is 12.8. The first-order chi connectivity index (χ1) is 11.3. The molecule has 1 aromatic heterocycles. The molecule has 2 heterocycles. The van der Waals surface area contributed by atoms with Gasteiger partial charge in [-0.2, -0.15) is 4.98 Å². The Hall–Kier alpha value is -2.33. The first kappa shape index (κ1) is 14.3. The third-order valence-corrected chi connectivity index (χ3v) is 4.48. The molecule has 1 aliphatic rings. The molecule has 23 heavy (non-hydrogen) atoms. The van der Waals surface area contributed by atoms with Gasteiger partial charge in [-0.25, -0.2) is 4.98 Å². The summed E-state index contributed by atoms with van der Waals surface area (Å²) >= 11 is 6.36. The predicted molar refractivity (Wildman–Crippen MR) is 92.9 cm³/mol. The number of hydrogen-bond donors (Lipinski definition) is 0. The second kappa shape index (κ2) is 5.70. The Morgan fingerprint density at radius 1 is 1.13 bits per heavy atom. The molecule has 5 heteroatoms. The monoisotopic (exact) mass is 325 g/mol. The number of nitrogens with zero attached hydrogens (tertiary/aromatic N) is 3. The summed E-state index contributed by atoms with van der Waals surface area (Å²) in [5.74, 6) is 1.53. The van der Waals surface area contributed by atoms with Crippen LogP contribution in [0.5, 0.6) is 5.75 Å². The van der Waals surface area contributed by atoms with Crippen molar-refractivity contribution in [3.63, 3.8) is 0 Å². The quantitative estimate of drug-likeness (QED) is 0.655. The third kappa shape index (κ3) is 2.49. The first-order valence-corrected chi connectivity index (χ1v) is 8.01. The molecule has 0 bridgehead atoms. The second-order valence-corrected chi connectivity index (χ2v) is 5.94. The van der Waals surface area contributed by atoms with E-state index in [9.17, 15) is 0 Å². The summed E-state index contributed by atoms with van der Waals surface area (Å²) in [6.07, 6.45) is 2.08. The minimum absolute atomic E-state index is 0.492. The van der Waals surface area contributed by atoms with Crippen LogP contribution in [0.3, 0.4) is 0 Å². The molecule has 0 saturated carbocycles. The third-order valence-electron chi connectivity index (χ3n) is 4.19. The lowest BCUT2D eigenvalue weighted by atomic mass is 10.0. The number of hydrogen-bond acceptors (Lipinski definition) is 4. The Balaban J connectivity index is 1.83. The molecule has 116 valence electrons. The molecule has 0 amide bonds. The van der Waals surface area contributed by atoms with E-state index in [1.54, 1.807) is 7.11 Å². The molecule has 2 aromatic carbocycles. The van der Waals surface area contributed by atoms with Gasteiger partial charge in [0.25, 0.3) is 0 Å². The van der Waals surface area contributed by atoms with Crippen LogP contribution in [0.2, 0.25) is 5.15 Å². The van der Waals surface area contributed by atoms with Gasteiger partial charge in [-0.15, -0.1) is 0 Å². The fourth-order valence-corrected chi connectivity index (χ4v) is 3.29. The van der Waals surface area contributed by atoms with Crippen LogP contribution >= 0.6 is 11.6 Å². The van der Waals surface area contributed by atoms with Gasteiger partial charge < -0.3 is 9.64 Å². The number of fused-ring (bicyclic) bond motifs is 2. The van der Waals surface area contributed by atoms with Crippen LogP contribution in [0.1, 0.15) is 12.0 Å². The number of aryl methyl sites for hydroxylation is 1. The minimum atomic E-state index is 0.492. The fraction of sp³-hybridized carbons (Fsp3) is 0.222. The highest BCUT2D eigenvalue weighted by Gasteiger charge is 2.21. The Kier molecular flexibility index (Phi) is 3.54. The van der Waals surface area contributed by atoms with E-state index in [4.69, 9.17) is 21.3 Å². The average molecular weight is 326 g/mol. The molecule has 0 saturated heterocycles. The summed E-state index contributed by atoms with van der Waals surface area (Å²) in [5.41, 5.74) is 3.25. The molecule has 4 nitrogen and oxygen atoms in total. The molecule has 0 unspecified atom stereocenters. The van der Waals surface area contributed by atoms with Crippen LogP contribution in [0.15, 0.2) is 42.5 Å². The predicted octanol–water partition coefficient (Wildman–Crippen LogP) is 4.38. The summed E-state index contributed by atoms with van der Waals surface area (Å²) in [4.78, 5) is 11.4. The minimum Gasteiger partial charge on any atom is -0.497 e. The van der Waals surface area contributed by atoms with Crippen molar-refractivity contribution >= 4 is 34.1 Å². The Labute approximate surface area is 139 Å². The zero-order valence-corrected chi connectivity index (χ0v) is 13.5. The Morgan fingerprint density at radius 3 is 2.87 bits per heavy atom. The van der Waals surface area contributed by atoms with Gasteiger partial charge in [0.15, 0.2) is 0 Å². The van der Waals surface area contributed by atoms with Gasteiger partial charge in [0.1, 0.15) is 10.9 Å². The maximum Gasteiger partial charge on any atom is 0.231 e. The molecule has 1 aliphatic heterocycles. The standard InChI is InChI=1S/C18H16ClN3O/c1-23-13-8-9-16-12(11-13)5-4-10-22(16)18-20-15-7-3-2-6-14(15)17(19)21-18/h2-3,6-9,11H,4-5,10H2,1H3. The number of ether oxygens (including phenoxy) is 1. The van der Waals surface area contributed by atoms with Gasteiger partial charge in [-0.3, -0.25) is 0 Å². The molecule has 0 aliphatic carbocycles. The van der Waals surface area contributed by atoms with Crippen molar-refractivity contribution in [2.24, 2.45) is 0 Å². The van der Waals surface area contributed by atoms with Crippen LogP contribution in [-0.2, 0) is 6.42 Å². The summed E-state index contributed by atoms with van der Waals surface area (Å²) in [7, 11) is 1.69. The normalized spacial score (nSPS) is 13.9. The molecule has 3 aromatic rings. The van der Waals surface area contributed by atoms with Crippen molar-refractivity contribution in [3.05, 3.63) is 53.2 Å². The molecule has 0 radical (unpaired) electrons. The lowest BCUT2D eigenvalue weighted by Gasteiger charge is -2.30. The lowest BCUT2D eigenvalue weighted by Crippen LogP contribution is -2.26. The molecule has 0 atom stereocenters. The topological polar surface area (TPSA) is 38.2 Å². The summed E-state index contributed by atoms with van der Waals surface area (Å²) in [5, 5.41) is 1.37. The average Bonchev–Trinajstić information content (AvgIpc) is 2.60. The number of rotatable bonds is 2. The van der Waals surface area contributed by atoms with E-state index in [1.807, 2.05) is 30.3 Å². The van der Waals surface area contributed by atoms with E-state index in [1.165, 1.54) is 5.56 Å². The Bertz CT molecular complexity index is 881. The maximum absolute atomic E-state index is 6.36. The highest BCUT2D eigenvalue weighted by atomic mass is 35.5. The van der Waals surface area contributed by atoms with Gasteiger partial charge in [0, 0.05) is 17.6 Å². The molecule has 0 spiro atoms. The van der Waals surface area contributed by atoms with E-state index >= 15 is 0 Å². The van der Waals surface area contributed by atoms with Crippen LogP contribution in [0, 0.1) is 0 Å². The van der Waals surface area contributed by atoms with Crippen LogP contribution in [0.25, 0.3) is 10.9 Å². The molecular formula is C18H16ClN3O. The van der Waals surface area contributed by atoms with E-state index < -0.39 is 0 Å². The molecule has 0 N–H and O–H groups in total. The Morgan fingerprint density at radius 2 is 2.00 bits per heavy atom. The van der Waals surface area contributed by atoms with Crippen molar-refractivity contribution in [2.45, 2.75) is 12.8 Å². The van der Waals surface area contributed by atoms with Crippen molar-refractivity contribution < 1.29 is 4.74 Å². The van der Waals surface area contributed by atoms with Crippen LogP contribution in [-0.4, -0.2) is 23.6 Å². The smallest absolute Gasteiger partial charge is 0.231 e. The molecule has 0 fully saturated rings. The highest BCUT2D eigenvalue weighted by Crippen LogP contribution is 2.35. The SMILES string of the molecule is COc1ccc2c(c1)CCCN2c1nc(Cl)c2ccccc2n1. The van der Waals surface area contributed by atoms with E-state index in [2.05, 4.69) is 22.0 Å². The van der Waals surface area contributed by atoms with Crippen molar-refractivity contribution in [3.8, 4) is 5.75 Å². The number of halogens is 1. The molecular weight excluding hydrogens is 310 g/mol. The summed E-state index contributed by atoms with van der Waals surface area (Å²) < 4.78 is 5.33. The van der Waals surface area contributed by atoms with E-state index in [0.29, 0.717) is 11.1 Å². The van der Waals surface area contributed by atoms with E-state index in [0.717, 1.165) is 41.7 Å². The summed E-state index contributed by atoms with van der Waals surface area (Å²) in [6, 6.07) is 13.9. The first-order valence-electron chi connectivity index (χ1n) is 7.63. The van der Waals surface area contributed by atoms with Crippen molar-refractivity contribution in [2.75, 3.05) is 18.6 Å². The highest BCUT2D eigenvalue weighted by molar-refractivity contribution is 6.34. The second-order valence-electron chi connectivity index (χ2n) is 5.58. The number of benzene rings is 2. The van der Waals surface area contributed by atoms with Crippen molar-refractivity contribution in [1.29, 1.82) is 0 Å². The number of methoxy groups -OCH3 is 1. The fourth-order valence-electron chi connectivity index (χ4n) is 3.06. The lowest BCUT2D eigenvalue weighted by molar-refractivity contribution is 0.414. The van der Waals surface area contributed by atoms with Crippen molar-refractivity contribution in [1.82, 2.24) is 9.97 Å². The number of aromatic nitrogens is 2. The number of anilines is 2. The van der Waals surface area contributed by atoms with Gasteiger partial charge in [0.2, 0.25) is 5.95 Å². The summed E-state index contributed by atoms with van der Waals surface area (Å²) in [6.45, 7) is 0.883. The van der Waals surface area contributed by atoms with Crippen LogP contribution in [0.4, 0.5) is 11.6 Å². The zero-order chi connectivity index (χ0) is 15.8. The molecule has 4 rings (SSSR count). The van der Waals surface area contributed by atoms with E-state index in [-0.39, 0.29) is 0 Å². The maximum atomic E-state index is 6.36. The van der Waals surface area contributed by atoms with Gasteiger partial charge >= 0.3 is 0 Å². The van der Waals surface area contributed by atoms with Gasteiger partial charge in [-0.1, -0.05) is 23.7 Å². The van der Waals surface area contributed by atoms with Gasteiger partial charge in [-0.05, 0) is 48.7 Å². The number of para-hydroxylation sites is 1.